The van der Waals surface area contributed by atoms with Gasteiger partial charge in [0.2, 0.25) is 0 Å². The number of nitriles is 1. The van der Waals surface area contributed by atoms with Gasteiger partial charge in [0.15, 0.2) is 0 Å². The number of hydrogen-bond donors (Lipinski definition) is 1. The van der Waals surface area contributed by atoms with Gasteiger partial charge in [-0.15, -0.1) is 0 Å². The Morgan fingerprint density at radius 3 is 2.72 bits per heavy atom. The van der Waals surface area contributed by atoms with Crippen LogP contribution in [0.4, 0.5) is 11.5 Å². The molecule has 1 aromatic heterocycles. The molecule has 0 bridgehead atoms. The monoisotopic (exact) mass is 385 g/mol. The maximum atomic E-state index is 8.86. The van der Waals surface area contributed by atoms with E-state index in [4.69, 9.17) is 16.9 Å². The Bertz CT molecular complexity index is 638. The van der Waals surface area contributed by atoms with Gasteiger partial charge in [-0.05, 0) is 56.1 Å². The summed E-state index contributed by atoms with van der Waals surface area (Å²) in [7, 11) is 0. The number of hydrogen-bond acceptors (Lipinski definition) is 3. The molecule has 90 valence electrons. The second-order valence-corrected chi connectivity index (χ2v) is 5.59. The van der Waals surface area contributed by atoms with Gasteiger partial charge in [-0.25, -0.2) is 4.98 Å². The molecule has 2 rings (SSSR count). The highest BCUT2D eigenvalue weighted by Crippen LogP contribution is 2.30. The zero-order valence-electron chi connectivity index (χ0n) is 8.92. The maximum absolute atomic E-state index is 8.86. The molecule has 1 N–H and O–H groups in total. The van der Waals surface area contributed by atoms with E-state index < -0.39 is 0 Å². The smallest absolute Gasteiger partial charge is 0.144 e. The molecule has 2 aromatic rings. The minimum absolute atomic E-state index is 0.533. The minimum atomic E-state index is 0.533. The summed E-state index contributed by atoms with van der Waals surface area (Å²) in [5.74, 6) is 0.634. The average Bonchev–Trinajstić information content (AvgIpc) is 2.35. The van der Waals surface area contributed by atoms with Crippen molar-refractivity contribution in [3.63, 3.8) is 0 Å². The highest BCUT2D eigenvalue weighted by Gasteiger charge is 2.06. The van der Waals surface area contributed by atoms with E-state index >= 15 is 0 Å². The van der Waals surface area contributed by atoms with E-state index in [0.29, 0.717) is 22.1 Å². The van der Waals surface area contributed by atoms with Gasteiger partial charge < -0.3 is 5.32 Å². The first-order chi connectivity index (χ1) is 8.60. The van der Waals surface area contributed by atoms with Crippen LogP contribution in [0.5, 0.6) is 0 Å². The summed E-state index contributed by atoms with van der Waals surface area (Å²) in [5.41, 5.74) is 1.18. The zero-order chi connectivity index (χ0) is 13.1. The first-order valence-corrected chi connectivity index (χ1v) is 6.84. The van der Waals surface area contributed by atoms with Crippen LogP contribution in [0.25, 0.3) is 0 Å². The topological polar surface area (TPSA) is 48.7 Å². The van der Waals surface area contributed by atoms with Crippen LogP contribution in [0.1, 0.15) is 5.56 Å². The summed E-state index contributed by atoms with van der Waals surface area (Å²) in [6.45, 7) is 0. The number of nitrogens with one attached hydrogen (secondary N) is 1. The molecule has 0 radical (unpaired) electrons. The van der Waals surface area contributed by atoms with Gasteiger partial charge >= 0.3 is 0 Å². The Kier molecular flexibility index (Phi) is 4.23. The molecule has 0 unspecified atom stereocenters. The Labute approximate surface area is 126 Å². The molecule has 0 saturated carbocycles. The average molecular weight is 387 g/mol. The molecule has 1 aromatic carbocycles. The van der Waals surface area contributed by atoms with E-state index in [1.807, 2.05) is 6.07 Å². The number of aromatic nitrogens is 1. The van der Waals surface area contributed by atoms with E-state index in [1.54, 1.807) is 24.4 Å². The SMILES string of the molecule is N#Cc1ccc(Cl)c(Nc2ncc(Br)cc2Br)c1. The predicted octanol–water partition coefficient (Wildman–Crippen LogP) is 4.88. The normalized spacial score (nSPS) is 9.89. The molecule has 0 spiro atoms. The lowest BCUT2D eigenvalue weighted by Crippen LogP contribution is -1.96. The maximum Gasteiger partial charge on any atom is 0.144 e. The summed E-state index contributed by atoms with van der Waals surface area (Å²) >= 11 is 12.8. The lowest BCUT2D eigenvalue weighted by Gasteiger charge is -2.09. The lowest BCUT2D eigenvalue weighted by atomic mass is 10.2. The second kappa shape index (κ2) is 5.70. The second-order valence-electron chi connectivity index (χ2n) is 3.42. The number of halogens is 3. The van der Waals surface area contributed by atoms with Crippen molar-refractivity contribution in [1.29, 1.82) is 5.26 Å². The standard InChI is InChI=1S/C12H6Br2ClN3/c13-8-4-9(14)12(17-6-8)18-11-3-7(5-16)1-2-10(11)15/h1-4,6H,(H,17,18). The molecule has 0 fully saturated rings. The summed E-state index contributed by atoms with van der Waals surface area (Å²) < 4.78 is 1.67. The zero-order valence-corrected chi connectivity index (χ0v) is 12.8. The van der Waals surface area contributed by atoms with E-state index in [0.717, 1.165) is 8.95 Å². The Morgan fingerprint density at radius 1 is 1.28 bits per heavy atom. The van der Waals surface area contributed by atoms with Crippen LogP contribution < -0.4 is 5.32 Å². The van der Waals surface area contributed by atoms with Crippen LogP contribution in [-0.4, -0.2) is 4.98 Å². The van der Waals surface area contributed by atoms with Crippen molar-refractivity contribution in [3.8, 4) is 6.07 Å². The van der Waals surface area contributed by atoms with Crippen molar-refractivity contribution in [2.24, 2.45) is 0 Å². The molecule has 0 atom stereocenters. The largest absolute Gasteiger partial charge is 0.338 e. The summed E-state index contributed by atoms with van der Waals surface area (Å²) in [6.07, 6.45) is 1.68. The number of pyridine rings is 1. The van der Waals surface area contributed by atoms with Gasteiger partial charge in [0.1, 0.15) is 5.82 Å². The first kappa shape index (κ1) is 13.3. The van der Waals surface area contributed by atoms with Gasteiger partial charge in [0.25, 0.3) is 0 Å². The quantitative estimate of drug-likeness (QED) is 0.799. The Hall–Kier alpha value is -1.09. The van der Waals surface area contributed by atoms with Crippen LogP contribution in [0, 0.1) is 11.3 Å². The molecular formula is C12H6Br2ClN3. The molecular weight excluding hydrogens is 381 g/mol. The number of benzene rings is 1. The van der Waals surface area contributed by atoms with E-state index in [2.05, 4.69) is 48.2 Å². The first-order valence-electron chi connectivity index (χ1n) is 4.88. The van der Waals surface area contributed by atoms with E-state index in [-0.39, 0.29) is 0 Å². The Balaban J connectivity index is 2.37. The van der Waals surface area contributed by atoms with Crippen LogP contribution in [-0.2, 0) is 0 Å². The lowest BCUT2D eigenvalue weighted by molar-refractivity contribution is 1.27. The molecule has 18 heavy (non-hydrogen) atoms. The van der Waals surface area contributed by atoms with E-state index in [9.17, 15) is 0 Å². The molecule has 3 nitrogen and oxygen atoms in total. The van der Waals surface area contributed by atoms with Gasteiger partial charge in [0.05, 0.1) is 26.8 Å². The van der Waals surface area contributed by atoms with Crippen molar-refractivity contribution < 1.29 is 0 Å². The highest BCUT2D eigenvalue weighted by atomic mass is 79.9. The third-order valence-electron chi connectivity index (χ3n) is 2.16. The molecule has 0 aliphatic rings. The fourth-order valence-electron chi connectivity index (χ4n) is 1.32. The van der Waals surface area contributed by atoms with Crippen molar-refractivity contribution in [1.82, 2.24) is 4.98 Å². The van der Waals surface area contributed by atoms with Gasteiger partial charge in [-0.1, -0.05) is 11.6 Å². The third kappa shape index (κ3) is 3.02. The van der Waals surface area contributed by atoms with E-state index in [1.165, 1.54) is 0 Å². The molecule has 0 saturated heterocycles. The number of rotatable bonds is 2. The van der Waals surface area contributed by atoms with Gasteiger partial charge in [-0.2, -0.15) is 5.26 Å². The van der Waals surface area contributed by atoms with Crippen LogP contribution in [0.15, 0.2) is 39.4 Å². The van der Waals surface area contributed by atoms with Crippen LogP contribution in [0.3, 0.4) is 0 Å². The third-order valence-corrected chi connectivity index (χ3v) is 3.52. The summed E-state index contributed by atoms with van der Waals surface area (Å²) in [5, 5.41) is 12.5. The van der Waals surface area contributed by atoms with Crippen molar-refractivity contribution in [2.75, 3.05) is 5.32 Å². The van der Waals surface area contributed by atoms with Crippen molar-refractivity contribution in [3.05, 3.63) is 50.0 Å². The summed E-state index contributed by atoms with van der Waals surface area (Å²) in [6, 6.07) is 8.96. The van der Waals surface area contributed by atoms with Gasteiger partial charge in [0, 0.05) is 10.7 Å². The minimum Gasteiger partial charge on any atom is -0.338 e. The predicted molar refractivity (Wildman–Crippen MR) is 79.1 cm³/mol. The molecule has 0 aliphatic carbocycles. The van der Waals surface area contributed by atoms with Crippen molar-refractivity contribution >= 4 is 55.0 Å². The summed E-state index contributed by atoms with van der Waals surface area (Å²) in [4.78, 5) is 4.22. The number of anilines is 2. The Morgan fingerprint density at radius 2 is 2.06 bits per heavy atom. The van der Waals surface area contributed by atoms with Crippen LogP contribution >= 0.6 is 43.5 Å². The fourth-order valence-corrected chi connectivity index (χ4v) is 2.58. The molecule has 0 aliphatic heterocycles. The molecule has 6 heteroatoms. The fraction of sp³-hybridized carbons (Fsp3) is 0. The molecule has 0 amide bonds. The van der Waals surface area contributed by atoms with Crippen LogP contribution in [0.2, 0.25) is 5.02 Å². The highest BCUT2D eigenvalue weighted by molar-refractivity contribution is 9.11. The van der Waals surface area contributed by atoms with Gasteiger partial charge in [-0.3, -0.25) is 0 Å². The molecule has 1 heterocycles. The van der Waals surface area contributed by atoms with Crippen molar-refractivity contribution in [2.45, 2.75) is 0 Å². The number of nitrogens with zero attached hydrogens (tertiary/aromatic N) is 2.